The number of nitrogens with one attached hydrogen (secondary N) is 1. The quantitative estimate of drug-likeness (QED) is 0.583. The first kappa shape index (κ1) is 20.6. The molecule has 0 spiro atoms. The number of nitrogens with zero attached hydrogens (tertiary/aromatic N) is 2. The number of ether oxygens (including phenoxy) is 1. The van der Waals surface area contributed by atoms with E-state index < -0.39 is 23.3 Å². The van der Waals surface area contributed by atoms with Gasteiger partial charge in [0, 0.05) is 0 Å². The normalized spacial score (nSPS) is 12.8. The predicted octanol–water partition coefficient (Wildman–Crippen LogP) is 3.36. The Labute approximate surface area is 152 Å². The molecule has 1 rings (SSSR count). The summed E-state index contributed by atoms with van der Waals surface area (Å²) in [7, 11) is 0. The number of halogens is 2. The van der Waals surface area contributed by atoms with Gasteiger partial charge in [0.15, 0.2) is 5.15 Å². The summed E-state index contributed by atoms with van der Waals surface area (Å²) >= 11 is 11.8. The van der Waals surface area contributed by atoms with Crippen LogP contribution >= 0.6 is 23.2 Å². The number of carbonyl (C=O) groups is 2. The molecule has 0 fully saturated rings. The molecule has 24 heavy (non-hydrogen) atoms. The van der Waals surface area contributed by atoms with Crippen LogP contribution in [0, 0.1) is 11.8 Å². The SMILES string of the molecule is CCC(C(=O)NC(C)(C)c1ncc(Cl)nc1Cl)C(=O)OCC(C)C. The summed E-state index contributed by atoms with van der Waals surface area (Å²) < 4.78 is 5.17. The zero-order valence-electron chi connectivity index (χ0n) is 14.5. The lowest BCUT2D eigenvalue weighted by atomic mass is 9.98. The number of carbonyl (C=O) groups excluding carboxylic acids is 2. The monoisotopic (exact) mass is 375 g/mol. The minimum absolute atomic E-state index is 0.100. The Balaban J connectivity index is 2.87. The molecular weight excluding hydrogens is 353 g/mol. The topological polar surface area (TPSA) is 81.2 Å². The summed E-state index contributed by atoms with van der Waals surface area (Å²) in [6.07, 6.45) is 1.68. The number of aromatic nitrogens is 2. The Bertz CT molecular complexity index is 606. The first-order valence-electron chi connectivity index (χ1n) is 7.75. The first-order valence-corrected chi connectivity index (χ1v) is 8.51. The molecule has 0 aliphatic rings. The minimum atomic E-state index is -0.919. The van der Waals surface area contributed by atoms with Crippen molar-refractivity contribution in [3.8, 4) is 0 Å². The largest absolute Gasteiger partial charge is 0.465 e. The fourth-order valence-electron chi connectivity index (χ4n) is 2.03. The summed E-state index contributed by atoms with van der Waals surface area (Å²) in [5, 5.41) is 3.04. The van der Waals surface area contributed by atoms with Gasteiger partial charge in [0.2, 0.25) is 5.91 Å². The van der Waals surface area contributed by atoms with E-state index in [0.717, 1.165) is 0 Å². The Kier molecular flexibility index (Phi) is 7.42. The summed E-state index contributed by atoms with van der Waals surface area (Å²) in [6, 6.07) is 0. The molecule has 0 bridgehead atoms. The molecule has 0 saturated heterocycles. The van der Waals surface area contributed by atoms with Crippen molar-refractivity contribution in [2.75, 3.05) is 6.61 Å². The van der Waals surface area contributed by atoms with Gasteiger partial charge in [0.25, 0.3) is 0 Å². The van der Waals surface area contributed by atoms with E-state index >= 15 is 0 Å². The fourth-order valence-corrected chi connectivity index (χ4v) is 2.58. The Hall–Kier alpha value is -1.40. The predicted molar refractivity (Wildman–Crippen MR) is 92.8 cm³/mol. The van der Waals surface area contributed by atoms with Crippen LogP contribution in [-0.2, 0) is 19.9 Å². The molecular formula is C16H23Cl2N3O3. The highest BCUT2D eigenvalue weighted by molar-refractivity contribution is 6.32. The zero-order valence-corrected chi connectivity index (χ0v) is 16.0. The van der Waals surface area contributed by atoms with E-state index in [1.807, 2.05) is 13.8 Å². The highest BCUT2D eigenvalue weighted by Gasteiger charge is 2.33. The average Bonchev–Trinajstić information content (AvgIpc) is 2.44. The van der Waals surface area contributed by atoms with Crippen LogP contribution in [0.2, 0.25) is 10.3 Å². The van der Waals surface area contributed by atoms with Crippen molar-refractivity contribution in [3.05, 3.63) is 22.2 Å². The second-order valence-electron chi connectivity index (χ2n) is 6.43. The maximum Gasteiger partial charge on any atom is 0.318 e. The summed E-state index contributed by atoms with van der Waals surface area (Å²) in [4.78, 5) is 32.7. The molecule has 6 nitrogen and oxygen atoms in total. The highest BCUT2D eigenvalue weighted by Crippen LogP contribution is 2.26. The van der Waals surface area contributed by atoms with Crippen molar-refractivity contribution in [2.45, 2.75) is 46.6 Å². The molecule has 0 aliphatic heterocycles. The fraction of sp³-hybridized carbons (Fsp3) is 0.625. The molecule has 1 unspecified atom stereocenters. The van der Waals surface area contributed by atoms with E-state index in [1.165, 1.54) is 6.20 Å². The molecule has 1 aromatic heterocycles. The van der Waals surface area contributed by atoms with Gasteiger partial charge in [0.05, 0.1) is 18.3 Å². The molecule has 1 N–H and O–H groups in total. The van der Waals surface area contributed by atoms with Crippen LogP contribution in [-0.4, -0.2) is 28.5 Å². The second-order valence-corrected chi connectivity index (χ2v) is 7.18. The Morgan fingerprint density at radius 1 is 1.33 bits per heavy atom. The third-order valence-electron chi connectivity index (χ3n) is 3.30. The maximum absolute atomic E-state index is 12.5. The summed E-state index contributed by atoms with van der Waals surface area (Å²) in [6.45, 7) is 9.34. The van der Waals surface area contributed by atoms with Crippen molar-refractivity contribution in [3.63, 3.8) is 0 Å². The molecule has 0 aliphatic carbocycles. The van der Waals surface area contributed by atoms with Crippen molar-refractivity contribution in [1.82, 2.24) is 15.3 Å². The zero-order chi connectivity index (χ0) is 18.5. The molecule has 1 heterocycles. The van der Waals surface area contributed by atoms with Crippen molar-refractivity contribution in [1.29, 1.82) is 0 Å². The Morgan fingerprint density at radius 3 is 2.46 bits per heavy atom. The average molecular weight is 376 g/mol. The smallest absolute Gasteiger partial charge is 0.318 e. The maximum atomic E-state index is 12.5. The van der Waals surface area contributed by atoms with Gasteiger partial charge in [-0.25, -0.2) is 4.98 Å². The summed E-state index contributed by atoms with van der Waals surface area (Å²) in [5.74, 6) is -1.66. The first-order chi connectivity index (χ1) is 11.1. The molecule has 0 aromatic carbocycles. The highest BCUT2D eigenvalue weighted by atomic mass is 35.5. The molecule has 1 amide bonds. The van der Waals surface area contributed by atoms with Crippen LogP contribution in [0.3, 0.4) is 0 Å². The van der Waals surface area contributed by atoms with Gasteiger partial charge in [-0.2, -0.15) is 0 Å². The van der Waals surface area contributed by atoms with E-state index in [1.54, 1.807) is 20.8 Å². The molecule has 8 heteroatoms. The van der Waals surface area contributed by atoms with E-state index in [-0.39, 0.29) is 22.8 Å². The van der Waals surface area contributed by atoms with Gasteiger partial charge in [-0.15, -0.1) is 0 Å². The van der Waals surface area contributed by atoms with Crippen molar-refractivity contribution in [2.24, 2.45) is 11.8 Å². The molecule has 1 aromatic rings. The van der Waals surface area contributed by atoms with Gasteiger partial charge in [-0.1, -0.05) is 44.0 Å². The number of rotatable bonds is 7. The van der Waals surface area contributed by atoms with Crippen LogP contribution < -0.4 is 5.32 Å². The summed E-state index contributed by atoms with van der Waals surface area (Å²) in [5.41, 5.74) is -0.551. The van der Waals surface area contributed by atoms with Gasteiger partial charge in [0.1, 0.15) is 16.8 Å². The standard InChI is InChI=1S/C16H23Cl2N3O3/c1-6-10(15(23)24-8-9(2)3)14(22)21-16(4,5)12-13(18)20-11(17)7-19-12/h7,9-10H,6,8H2,1-5H3,(H,21,22). The van der Waals surface area contributed by atoms with Gasteiger partial charge in [-0.05, 0) is 26.2 Å². The van der Waals surface area contributed by atoms with Gasteiger partial charge in [-0.3, -0.25) is 14.6 Å². The molecule has 0 radical (unpaired) electrons. The van der Waals surface area contributed by atoms with Crippen LogP contribution in [0.15, 0.2) is 6.20 Å². The Morgan fingerprint density at radius 2 is 1.96 bits per heavy atom. The van der Waals surface area contributed by atoms with E-state index in [9.17, 15) is 9.59 Å². The van der Waals surface area contributed by atoms with E-state index in [2.05, 4.69) is 15.3 Å². The van der Waals surface area contributed by atoms with Crippen LogP contribution in [0.1, 0.15) is 46.7 Å². The van der Waals surface area contributed by atoms with Crippen molar-refractivity contribution >= 4 is 35.1 Å². The van der Waals surface area contributed by atoms with Gasteiger partial charge >= 0.3 is 5.97 Å². The number of hydrogen-bond donors (Lipinski definition) is 1. The lowest BCUT2D eigenvalue weighted by molar-refractivity contribution is -0.154. The van der Waals surface area contributed by atoms with E-state index in [0.29, 0.717) is 12.1 Å². The lowest BCUT2D eigenvalue weighted by Crippen LogP contribution is -2.46. The van der Waals surface area contributed by atoms with Crippen LogP contribution in [0.5, 0.6) is 0 Å². The van der Waals surface area contributed by atoms with Crippen LogP contribution in [0.25, 0.3) is 0 Å². The second kappa shape index (κ2) is 8.62. The number of esters is 1. The number of amides is 1. The third-order valence-corrected chi connectivity index (χ3v) is 3.74. The third kappa shape index (κ3) is 5.60. The molecule has 134 valence electrons. The molecule has 1 atom stereocenters. The van der Waals surface area contributed by atoms with E-state index in [4.69, 9.17) is 27.9 Å². The van der Waals surface area contributed by atoms with Crippen molar-refractivity contribution < 1.29 is 14.3 Å². The molecule has 0 saturated carbocycles. The lowest BCUT2D eigenvalue weighted by Gasteiger charge is -2.28. The van der Waals surface area contributed by atoms with Crippen LogP contribution in [0.4, 0.5) is 0 Å². The number of hydrogen-bond acceptors (Lipinski definition) is 5. The van der Waals surface area contributed by atoms with Gasteiger partial charge < -0.3 is 10.1 Å². The minimum Gasteiger partial charge on any atom is -0.465 e.